The SMILES string of the molecule is Cc1cccc(Nc2nc(Nc3ccccc3)c3ccccc3n2)c1. The average Bonchev–Trinajstić information content (AvgIpc) is 2.63. The molecule has 4 aromatic rings. The van der Waals surface area contributed by atoms with E-state index >= 15 is 0 Å². The van der Waals surface area contributed by atoms with Crippen LogP contribution in [0.5, 0.6) is 0 Å². The molecule has 3 aromatic carbocycles. The van der Waals surface area contributed by atoms with Crippen molar-refractivity contribution in [3.63, 3.8) is 0 Å². The van der Waals surface area contributed by atoms with E-state index in [-0.39, 0.29) is 0 Å². The molecule has 4 rings (SSSR count). The normalized spacial score (nSPS) is 10.6. The van der Waals surface area contributed by atoms with Gasteiger partial charge < -0.3 is 10.6 Å². The van der Waals surface area contributed by atoms with Crippen molar-refractivity contribution in [3.8, 4) is 0 Å². The summed E-state index contributed by atoms with van der Waals surface area (Å²) in [6.45, 7) is 2.06. The molecule has 4 nitrogen and oxygen atoms in total. The third-order valence-electron chi connectivity index (χ3n) is 3.91. The summed E-state index contributed by atoms with van der Waals surface area (Å²) in [4.78, 5) is 9.33. The predicted molar refractivity (Wildman–Crippen MR) is 104 cm³/mol. The van der Waals surface area contributed by atoms with Gasteiger partial charge in [-0.15, -0.1) is 0 Å². The van der Waals surface area contributed by atoms with E-state index in [4.69, 9.17) is 0 Å². The average molecular weight is 326 g/mol. The number of hydrogen-bond acceptors (Lipinski definition) is 4. The van der Waals surface area contributed by atoms with Crippen molar-refractivity contribution in [2.75, 3.05) is 10.6 Å². The number of aryl methyl sites for hydroxylation is 1. The molecule has 1 aromatic heterocycles. The number of benzene rings is 3. The molecule has 0 amide bonds. The zero-order valence-corrected chi connectivity index (χ0v) is 13.9. The van der Waals surface area contributed by atoms with E-state index in [2.05, 4.69) is 39.7 Å². The summed E-state index contributed by atoms with van der Waals surface area (Å²) < 4.78 is 0. The van der Waals surface area contributed by atoms with Crippen LogP contribution in [0.1, 0.15) is 5.56 Å². The van der Waals surface area contributed by atoms with Crippen molar-refractivity contribution in [2.45, 2.75) is 6.92 Å². The quantitative estimate of drug-likeness (QED) is 0.525. The van der Waals surface area contributed by atoms with E-state index in [0.29, 0.717) is 5.95 Å². The Morgan fingerprint density at radius 1 is 0.680 bits per heavy atom. The lowest BCUT2D eigenvalue weighted by atomic mass is 10.2. The van der Waals surface area contributed by atoms with Crippen LogP contribution in [0.2, 0.25) is 0 Å². The number of para-hydroxylation sites is 2. The molecule has 1 heterocycles. The zero-order valence-electron chi connectivity index (χ0n) is 13.9. The first-order valence-electron chi connectivity index (χ1n) is 8.20. The van der Waals surface area contributed by atoms with E-state index in [0.717, 1.165) is 28.1 Å². The first-order chi connectivity index (χ1) is 12.3. The fourth-order valence-corrected chi connectivity index (χ4v) is 2.74. The summed E-state index contributed by atoms with van der Waals surface area (Å²) in [5.41, 5.74) is 4.05. The first kappa shape index (κ1) is 15.1. The highest BCUT2D eigenvalue weighted by Crippen LogP contribution is 2.26. The van der Waals surface area contributed by atoms with E-state index < -0.39 is 0 Å². The molecule has 0 atom stereocenters. The molecule has 0 unspecified atom stereocenters. The minimum absolute atomic E-state index is 0.572. The van der Waals surface area contributed by atoms with Gasteiger partial charge in [-0.2, -0.15) is 4.98 Å². The number of hydrogen-bond donors (Lipinski definition) is 2. The second-order valence-corrected chi connectivity index (χ2v) is 5.90. The van der Waals surface area contributed by atoms with E-state index in [9.17, 15) is 0 Å². The summed E-state index contributed by atoms with van der Waals surface area (Å²) in [6.07, 6.45) is 0. The van der Waals surface area contributed by atoms with Crippen LogP contribution in [-0.4, -0.2) is 9.97 Å². The van der Waals surface area contributed by atoms with Gasteiger partial charge in [0.15, 0.2) is 0 Å². The number of nitrogens with zero attached hydrogens (tertiary/aromatic N) is 2. The molecule has 2 N–H and O–H groups in total. The maximum atomic E-state index is 4.69. The maximum absolute atomic E-state index is 4.69. The molecular formula is C21H18N4. The van der Waals surface area contributed by atoms with E-state index in [1.807, 2.05) is 66.7 Å². The molecule has 0 saturated heterocycles. The molecule has 0 aliphatic rings. The summed E-state index contributed by atoms with van der Waals surface area (Å²) in [7, 11) is 0. The molecule has 0 saturated carbocycles. The van der Waals surface area contributed by atoms with Crippen LogP contribution >= 0.6 is 0 Å². The zero-order chi connectivity index (χ0) is 17.1. The van der Waals surface area contributed by atoms with E-state index in [1.54, 1.807) is 0 Å². The van der Waals surface area contributed by atoms with Gasteiger partial charge in [-0.05, 0) is 48.9 Å². The van der Waals surface area contributed by atoms with Crippen molar-refractivity contribution in [2.24, 2.45) is 0 Å². The van der Waals surface area contributed by atoms with Gasteiger partial charge in [0.2, 0.25) is 5.95 Å². The number of rotatable bonds is 4. The Kier molecular flexibility index (Phi) is 4.01. The van der Waals surface area contributed by atoms with Crippen LogP contribution in [-0.2, 0) is 0 Å². The minimum atomic E-state index is 0.572. The Morgan fingerprint density at radius 2 is 1.44 bits per heavy atom. The van der Waals surface area contributed by atoms with Crippen molar-refractivity contribution in [3.05, 3.63) is 84.4 Å². The molecular weight excluding hydrogens is 308 g/mol. The fraction of sp³-hybridized carbons (Fsp3) is 0.0476. The van der Waals surface area contributed by atoms with Gasteiger partial charge in [0.05, 0.1) is 5.52 Å². The summed E-state index contributed by atoms with van der Waals surface area (Å²) in [5.74, 6) is 1.36. The predicted octanol–water partition coefficient (Wildman–Crippen LogP) is 5.43. The van der Waals surface area contributed by atoms with Gasteiger partial charge in [-0.1, -0.05) is 42.5 Å². The second kappa shape index (κ2) is 6.61. The smallest absolute Gasteiger partial charge is 0.229 e. The maximum Gasteiger partial charge on any atom is 0.229 e. The summed E-state index contributed by atoms with van der Waals surface area (Å²) in [5, 5.41) is 7.68. The first-order valence-corrected chi connectivity index (χ1v) is 8.20. The molecule has 0 aliphatic carbocycles. The molecule has 4 heteroatoms. The topological polar surface area (TPSA) is 49.8 Å². The van der Waals surface area contributed by atoms with Crippen LogP contribution in [0, 0.1) is 6.92 Å². The monoisotopic (exact) mass is 326 g/mol. The molecule has 0 aliphatic heterocycles. The van der Waals surface area contributed by atoms with Crippen LogP contribution in [0.3, 0.4) is 0 Å². The molecule has 25 heavy (non-hydrogen) atoms. The van der Waals surface area contributed by atoms with Gasteiger partial charge in [-0.25, -0.2) is 4.98 Å². The van der Waals surface area contributed by atoms with Crippen molar-refractivity contribution in [1.29, 1.82) is 0 Å². The molecule has 0 bridgehead atoms. The minimum Gasteiger partial charge on any atom is -0.340 e. The summed E-state index contributed by atoms with van der Waals surface area (Å²) in [6, 6.07) is 26.2. The molecule has 0 fully saturated rings. The van der Waals surface area contributed by atoms with Crippen molar-refractivity contribution >= 4 is 34.0 Å². The molecule has 0 radical (unpaired) electrons. The Hall–Kier alpha value is -3.40. The van der Waals surface area contributed by atoms with Crippen LogP contribution in [0.25, 0.3) is 10.9 Å². The third-order valence-corrected chi connectivity index (χ3v) is 3.91. The van der Waals surface area contributed by atoms with Gasteiger partial charge in [-0.3, -0.25) is 0 Å². The number of nitrogens with one attached hydrogen (secondary N) is 2. The lowest BCUT2D eigenvalue weighted by Gasteiger charge is -2.12. The Bertz CT molecular complexity index is 1010. The lowest BCUT2D eigenvalue weighted by Crippen LogP contribution is -2.02. The lowest BCUT2D eigenvalue weighted by molar-refractivity contribution is 1.21. The highest BCUT2D eigenvalue weighted by atomic mass is 15.1. The van der Waals surface area contributed by atoms with Gasteiger partial charge in [0.1, 0.15) is 5.82 Å². The highest BCUT2D eigenvalue weighted by Gasteiger charge is 2.08. The number of anilines is 4. The van der Waals surface area contributed by atoms with E-state index in [1.165, 1.54) is 5.56 Å². The van der Waals surface area contributed by atoms with Gasteiger partial charge in [0, 0.05) is 16.8 Å². The molecule has 0 spiro atoms. The Morgan fingerprint density at radius 3 is 2.28 bits per heavy atom. The molecule has 122 valence electrons. The fourth-order valence-electron chi connectivity index (χ4n) is 2.74. The largest absolute Gasteiger partial charge is 0.340 e. The standard InChI is InChI=1S/C21H18N4/c1-15-8-7-11-17(14-15)23-21-24-19-13-6-5-12-18(19)20(25-21)22-16-9-3-2-4-10-16/h2-14H,1H3,(H2,22,23,24,25). The van der Waals surface area contributed by atoms with Crippen LogP contribution in [0.4, 0.5) is 23.1 Å². The summed E-state index contributed by atoms with van der Waals surface area (Å²) >= 11 is 0. The van der Waals surface area contributed by atoms with Crippen molar-refractivity contribution < 1.29 is 0 Å². The highest BCUT2D eigenvalue weighted by molar-refractivity contribution is 5.91. The van der Waals surface area contributed by atoms with Crippen LogP contribution < -0.4 is 10.6 Å². The second-order valence-electron chi connectivity index (χ2n) is 5.90. The van der Waals surface area contributed by atoms with Crippen molar-refractivity contribution in [1.82, 2.24) is 9.97 Å². The number of fused-ring (bicyclic) bond motifs is 1. The van der Waals surface area contributed by atoms with Gasteiger partial charge in [0.25, 0.3) is 0 Å². The van der Waals surface area contributed by atoms with Crippen LogP contribution in [0.15, 0.2) is 78.9 Å². The third kappa shape index (κ3) is 3.43. The number of aromatic nitrogens is 2. The Labute approximate surface area is 146 Å². The Balaban J connectivity index is 1.75. The van der Waals surface area contributed by atoms with Gasteiger partial charge >= 0.3 is 0 Å².